The maximum atomic E-state index is 12.0. The Morgan fingerprint density at radius 2 is 2.24 bits per heavy atom. The van der Waals surface area contributed by atoms with E-state index < -0.39 is 6.10 Å². The van der Waals surface area contributed by atoms with Crippen molar-refractivity contribution in [1.82, 2.24) is 10.6 Å². The molecule has 124 valence electrons. The topological polar surface area (TPSA) is 59.6 Å². The quantitative estimate of drug-likeness (QED) is 0.778. The highest BCUT2D eigenvalue weighted by molar-refractivity contribution is 5.85. The molecule has 1 amide bonds. The van der Waals surface area contributed by atoms with Crippen LogP contribution in [0.3, 0.4) is 0 Å². The lowest BCUT2D eigenvalue weighted by atomic mass is 10.00. The van der Waals surface area contributed by atoms with Crippen LogP contribution in [0.15, 0.2) is 0 Å². The molecule has 2 aliphatic heterocycles. The summed E-state index contributed by atoms with van der Waals surface area (Å²) in [6, 6.07) is 0. The molecule has 2 N–H and O–H groups in total. The number of piperidine rings is 1. The summed E-state index contributed by atoms with van der Waals surface area (Å²) >= 11 is 0. The monoisotopic (exact) mass is 320 g/mol. The van der Waals surface area contributed by atoms with Crippen molar-refractivity contribution in [2.75, 3.05) is 32.8 Å². The zero-order chi connectivity index (χ0) is 14.2. The van der Waals surface area contributed by atoms with Gasteiger partial charge in [0.2, 0.25) is 5.91 Å². The molecule has 0 aromatic heterocycles. The first kappa shape index (κ1) is 18.7. The fraction of sp³-hybridized carbons (Fsp3) is 0.933. The first-order valence-electron chi connectivity index (χ1n) is 7.97. The van der Waals surface area contributed by atoms with E-state index in [-0.39, 0.29) is 24.4 Å². The lowest BCUT2D eigenvalue weighted by molar-refractivity contribution is -0.135. The summed E-state index contributed by atoms with van der Waals surface area (Å²) in [5, 5.41) is 6.35. The number of nitrogens with one attached hydrogen (secondary N) is 2. The second-order valence-corrected chi connectivity index (χ2v) is 5.92. The molecule has 6 heteroatoms. The van der Waals surface area contributed by atoms with Gasteiger partial charge in [0.1, 0.15) is 6.10 Å². The normalized spacial score (nSPS) is 27.5. The minimum absolute atomic E-state index is 0. The molecule has 0 spiro atoms. The van der Waals surface area contributed by atoms with Crippen LogP contribution in [-0.4, -0.2) is 51.0 Å². The van der Waals surface area contributed by atoms with Crippen LogP contribution in [0.25, 0.3) is 0 Å². The van der Waals surface area contributed by atoms with E-state index in [0.29, 0.717) is 12.5 Å². The Bertz CT molecular complexity index is 293. The predicted octanol–water partition coefficient (Wildman–Crippen LogP) is 1.50. The third kappa shape index (κ3) is 6.96. The number of hydrogen-bond acceptors (Lipinski definition) is 4. The first-order chi connectivity index (χ1) is 9.75. The van der Waals surface area contributed by atoms with Crippen molar-refractivity contribution in [2.24, 2.45) is 5.92 Å². The Hall–Kier alpha value is -0.360. The predicted molar refractivity (Wildman–Crippen MR) is 84.9 cm³/mol. The van der Waals surface area contributed by atoms with E-state index in [1.165, 1.54) is 19.3 Å². The summed E-state index contributed by atoms with van der Waals surface area (Å²) in [6.45, 7) is 6.02. The average Bonchev–Trinajstić information content (AvgIpc) is 2.52. The number of amides is 1. The van der Waals surface area contributed by atoms with Crippen molar-refractivity contribution >= 4 is 18.3 Å². The first-order valence-corrected chi connectivity index (χ1v) is 7.97. The summed E-state index contributed by atoms with van der Waals surface area (Å²) in [4.78, 5) is 12.0. The van der Waals surface area contributed by atoms with E-state index >= 15 is 0 Å². The lowest BCUT2D eigenvalue weighted by Gasteiger charge is -2.25. The molecule has 0 radical (unpaired) electrons. The molecular formula is C15H29ClN2O3. The largest absolute Gasteiger partial charge is 0.376 e. The van der Waals surface area contributed by atoms with Gasteiger partial charge in [0.05, 0.1) is 12.7 Å². The van der Waals surface area contributed by atoms with E-state index in [2.05, 4.69) is 10.6 Å². The Morgan fingerprint density at radius 3 is 2.90 bits per heavy atom. The average molecular weight is 321 g/mol. The van der Waals surface area contributed by atoms with Crippen LogP contribution in [0.4, 0.5) is 0 Å². The Morgan fingerprint density at radius 1 is 1.38 bits per heavy atom. The Labute approximate surface area is 133 Å². The van der Waals surface area contributed by atoms with Gasteiger partial charge in [-0.15, -0.1) is 12.4 Å². The van der Waals surface area contributed by atoms with E-state index in [4.69, 9.17) is 9.47 Å². The standard InChI is InChI=1S/C15H28N2O3.ClH/c1-12(20-11-14-6-2-3-8-19-14)15(18)17-10-13-5-4-7-16-9-13;/h12-14,16H,2-11H2,1H3,(H,17,18);1H. The summed E-state index contributed by atoms with van der Waals surface area (Å²) in [5.74, 6) is 0.549. The second-order valence-electron chi connectivity index (χ2n) is 5.92. The molecule has 0 saturated carbocycles. The molecule has 2 aliphatic rings. The number of hydrogen-bond donors (Lipinski definition) is 2. The minimum atomic E-state index is -0.392. The van der Waals surface area contributed by atoms with E-state index in [1.54, 1.807) is 0 Å². The number of carbonyl (C=O) groups is 1. The van der Waals surface area contributed by atoms with Crippen LogP contribution < -0.4 is 10.6 Å². The Kier molecular flexibility index (Phi) is 9.24. The summed E-state index contributed by atoms with van der Waals surface area (Å²) < 4.78 is 11.2. The summed E-state index contributed by atoms with van der Waals surface area (Å²) in [7, 11) is 0. The third-order valence-electron chi connectivity index (χ3n) is 4.14. The van der Waals surface area contributed by atoms with Crippen LogP contribution in [0, 0.1) is 5.92 Å². The van der Waals surface area contributed by atoms with Gasteiger partial charge in [-0.3, -0.25) is 4.79 Å². The molecule has 3 atom stereocenters. The van der Waals surface area contributed by atoms with E-state index in [9.17, 15) is 4.79 Å². The lowest BCUT2D eigenvalue weighted by Crippen LogP contribution is -2.42. The van der Waals surface area contributed by atoms with Gasteiger partial charge >= 0.3 is 0 Å². The van der Waals surface area contributed by atoms with Crippen molar-refractivity contribution in [3.05, 3.63) is 0 Å². The van der Waals surface area contributed by atoms with Crippen LogP contribution in [0.2, 0.25) is 0 Å². The fourth-order valence-electron chi connectivity index (χ4n) is 2.75. The van der Waals surface area contributed by atoms with Crippen molar-refractivity contribution in [2.45, 2.75) is 51.2 Å². The molecule has 0 aromatic carbocycles. The van der Waals surface area contributed by atoms with Crippen LogP contribution in [0.1, 0.15) is 39.0 Å². The molecule has 2 heterocycles. The van der Waals surface area contributed by atoms with Gasteiger partial charge in [-0.1, -0.05) is 0 Å². The van der Waals surface area contributed by atoms with Crippen LogP contribution in [0.5, 0.6) is 0 Å². The SMILES string of the molecule is CC(OCC1CCCCO1)C(=O)NCC1CCCNC1.Cl. The molecule has 0 bridgehead atoms. The zero-order valence-corrected chi connectivity index (χ0v) is 13.8. The summed E-state index contributed by atoms with van der Waals surface area (Å²) in [6.07, 6.45) is 5.55. The molecule has 21 heavy (non-hydrogen) atoms. The highest BCUT2D eigenvalue weighted by atomic mass is 35.5. The zero-order valence-electron chi connectivity index (χ0n) is 12.9. The van der Waals surface area contributed by atoms with Gasteiger partial charge in [0.25, 0.3) is 0 Å². The van der Waals surface area contributed by atoms with Crippen molar-refractivity contribution in [3.8, 4) is 0 Å². The second kappa shape index (κ2) is 10.4. The number of rotatable bonds is 6. The van der Waals surface area contributed by atoms with Gasteiger partial charge in [-0.2, -0.15) is 0 Å². The van der Waals surface area contributed by atoms with Gasteiger partial charge in [-0.05, 0) is 58.0 Å². The van der Waals surface area contributed by atoms with Gasteiger partial charge in [-0.25, -0.2) is 0 Å². The number of halogens is 1. The number of ether oxygens (including phenoxy) is 2. The smallest absolute Gasteiger partial charge is 0.248 e. The molecule has 2 fully saturated rings. The molecule has 0 aromatic rings. The van der Waals surface area contributed by atoms with Crippen LogP contribution >= 0.6 is 12.4 Å². The van der Waals surface area contributed by atoms with Crippen molar-refractivity contribution in [1.29, 1.82) is 0 Å². The molecule has 3 unspecified atom stereocenters. The highest BCUT2D eigenvalue weighted by Gasteiger charge is 2.20. The number of carbonyl (C=O) groups excluding carboxylic acids is 1. The maximum absolute atomic E-state index is 12.0. The van der Waals surface area contributed by atoms with Gasteiger partial charge in [0.15, 0.2) is 0 Å². The van der Waals surface area contributed by atoms with Gasteiger partial charge in [0, 0.05) is 13.2 Å². The van der Waals surface area contributed by atoms with E-state index in [0.717, 1.165) is 39.1 Å². The molecule has 0 aliphatic carbocycles. The minimum Gasteiger partial charge on any atom is -0.376 e. The molecule has 5 nitrogen and oxygen atoms in total. The van der Waals surface area contributed by atoms with E-state index in [1.807, 2.05) is 6.92 Å². The van der Waals surface area contributed by atoms with Gasteiger partial charge < -0.3 is 20.1 Å². The Balaban J connectivity index is 0.00000220. The highest BCUT2D eigenvalue weighted by Crippen LogP contribution is 2.13. The molecular weight excluding hydrogens is 292 g/mol. The molecule has 2 saturated heterocycles. The van der Waals surface area contributed by atoms with Crippen molar-refractivity contribution < 1.29 is 14.3 Å². The summed E-state index contributed by atoms with van der Waals surface area (Å²) in [5.41, 5.74) is 0. The van der Waals surface area contributed by atoms with Crippen molar-refractivity contribution in [3.63, 3.8) is 0 Å². The fourth-order valence-corrected chi connectivity index (χ4v) is 2.75. The molecule has 2 rings (SSSR count). The van der Waals surface area contributed by atoms with Crippen LogP contribution in [-0.2, 0) is 14.3 Å². The third-order valence-corrected chi connectivity index (χ3v) is 4.14. The maximum Gasteiger partial charge on any atom is 0.248 e.